The first-order valence-electron chi connectivity index (χ1n) is 6.61. The molecule has 2 amide bonds. The van der Waals surface area contributed by atoms with E-state index in [0.717, 1.165) is 19.2 Å². The van der Waals surface area contributed by atoms with Crippen LogP contribution in [0.1, 0.15) is 10.4 Å². The van der Waals surface area contributed by atoms with Crippen LogP contribution in [-0.4, -0.2) is 24.0 Å². The number of nitrogens with zero attached hydrogens (tertiary/aromatic N) is 1. The lowest BCUT2D eigenvalue weighted by atomic mass is 10.1. The number of anilines is 2. The Hall–Kier alpha value is -3.13. The molecule has 2 N–H and O–H groups in total. The van der Waals surface area contributed by atoms with Crippen LogP contribution in [-0.2, 0) is 4.74 Å². The van der Waals surface area contributed by atoms with Crippen molar-refractivity contribution in [3.63, 3.8) is 0 Å². The molecule has 0 spiro atoms. The Balaban J connectivity index is 2.27. The lowest BCUT2D eigenvalue weighted by molar-refractivity contribution is -0.384. The van der Waals surface area contributed by atoms with Gasteiger partial charge in [0.2, 0.25) is 0 Å². The second kappa shape index (κ2) is 7.42. The standard InChI is InChI=1S/C15H12ClN3O5/c1-24-14(20)10-7-6-9(19(22)23)8-13(10)18-15(21)17-12-5-3-2-4-11(12)16/h2-8H,1H3,(H2,17,18,21). The van der Waals surface area contributed by atoms with Crippen molar-refractivity contribution < 1.29 is 19.2 Å². The number of non-ortho nitro benzene ring substituents is 1. The van der Waals surface area contributed by atoms with Crippen molar-refractivity contribution in [2.75, 3.05) is 17.7 Å². The molecule has 2 aromatic carbocycles. The Bertz CT molecular complexity index is 809. The maximum atomic E-state index is 12.1. The minimum absolute atomic E-state index is 0.0163. The Morgan fingerprint density at radius 2 is 1.79 bits per heavy atom. The van der Waals surface area contributed by atoms with Crippen LogP contribution < -0.4 is 10.6 Å². The molecule has 0 aliphatic carbocycles. The Kier molecular flexibility index (Phi) is 5.33. The van der Waals surface area contributed by atoms with Gasteiger partial charge in [-0.25, -0.2) is 9.59 Å². The van der Waals surface area contributed by atoms with Crippen molar-refractivity contribution in [1.82, 2.24) is 0 Å². The molecule has 2 aromatic rings. The number of carbonyl (C=O) groups is 2. The van der Waals surface area contributed by atoms with Gasteiger partial charge in [-0.2, -0.15) is 0 Å². The number of para-hydroxylation sites is 1. The van der Waals surface area contributed by atoms with E-state index >= 15 is 0 Å². The number of urea groups is 1. The molecule has 0 fully saturated rings. The number of nitro groups is 1. The summed E-state index contributed by atoms with van der Waals surface area (Å²) in [7, 11) is 1.16. The number of halogens is 1. The van der Waals surface area contributed by atoms with Crippen LogP contribution in [0.2, 0.25) is 5.02 Å². The summed E-state index contributed by atoms with van der Waals surface area (Å²) < 4.78 is 4.59. The molecule has 2 rings (SSSR count). The minimum Gasteiger partial charge on any atom is -0.465 e. The molecule has 0 unspecified atom stereocenters. The molecule has 0 bridgehead atoms. The van der Waals surface area contributed by atoms with Gasteiger partial charge in [0, 0.05) is 12.1 Å². The molecule has 0 aliphatic rings. The zero-order chi connectivity index (χ0) is 17.7. The zero-order valence-corrected chi connectivity index (χ0v) is 13.2. The third-order valence-electron chi connectivity index (χ3n) is 2.99. The molecule has 0 radical (unpaired) electrons. The number of ether oxygens (including phenoxy) is 1. The minimum atomic E-state index is -0.738. The molecule has 0 heterocycles. The van der Waals surface area contributed by atoms with Gasteiger partial charge < -0.3 is 15.4 Å². The summed E-state index contributed by atoms with van der Waals surface area (Å²) in [5.41, 5.74) is -0.00424. The lowest BCUT2D eigenvalue weighted by Gasteiger charge is -2.11. The molecule has 0 aromatic heterocycles. The zero-order valence-electron chi connectivity index (χ0n) is 12.4. The number of nitrogens with one attached hydrogen (secondary N) is 2. The fraction of sp³-hybridized carbons (Fsp3) is 0.0667. The second-order valence-electron chi connectivity index (χ2n) is 4.54. The number of amides is 2. The number of methoxy groups -OCH3 is 1. The highest BCUT2D eigenvalue weighted by Crippen LogP contribution is 2.25. The highest BCUT2D eigenvalue weighted by Gasteiger charge is 2.18. The van der Waals surface area contributed by atoms with Gasteiger partial charge in [0.25, 0.3) is 5.69 Å². The first kappa shape index (κ1) is 17.2. The number of rotatable bonds is 4. The van der Waals surface area contributed by atoms with E-state index in [0.29, 0.717) is 10.7 Å². The number of carbonyl (C=O) groups excluding carboxylic acids is 2. The van der Waals surface area contributed by atoms with Gasteiger partial charge in [-0.05, 0) is 18.2 Å². The molecule has 0 saturated carbocycles. The number of hydrogen-bond acceptors (Lipinski definition) is 5. The summed E-state index contributed by atoms with van der Waals surface area (Å²) >= 11 is 5.94. The van der Waals surface area contributed by atoms with E-state index in [-0.39, 0.29) is 16.9 Å². The van der Waals surface area contributed by atoms with Gasteiger partial charge in [0.15, 0.2) is 0 Å². The summed E-state index contributed by atoms with van der Waals surface area (Å²) in [5, 5.41) is 16.1. The van der Waals surface area contributed by atoms with E-state index in [9.17, 15) is 19.7 Å². The summed E-state index contributed by atoms with van der Waals surface area (Å²) in [5.74, 6) is -0.738. The number of esters is 1. The highest BCUT2D eigenvalue weighted by molar-refractivity contribution is 6.33. The van der Waals surface area contributed by atoms with Crippen molar-refractivity contribution in [3.8, 4) is 0 Å². The van der Waals surface area contributed by atoms with Crippen LogP contribution in [0.25, 0.3) is 0 Å². The molecule has 0 atom stereocenters. The second-order valence-corrected chi connectivity index (χ2v) is 4.94. The number of hydrogen-bond donors (Lipinski definition) is 2. The van der Waals surface area contributed by atoms with Crippen LogP contribution in [0.15, 0.2) is 42.5 Å². The fourth-order valence-corrected chi connectivity index (χ4v) is 2.06. The molecule has 24 heavy (non-hydrogen) atoms. The van der Waals surface area contributed by atoms with Gasteiger partial charge in [-0.1, -0.05) is 23.7 Å². The molecular weight excluding hydrogens is 338 g/mol. The number of nitro benzene ring substituents is 1. The maximum Gasteiger partial charge on any atom is 0.339 e. The van der Waals surface area contributed by atoms with Gasteiger partial charge >= 0.3 is 12.0 Å². The fourth-order valence-electron chi connectivity index (χ4n) is 1.88. The summed E-state index contributed by atoms with van der Waals surface area (Å²) in [6, 6.07) is 9.24. The van der Waals surface area contributed by atoms with Crippen molar-refractivity contribution in [3.05, 3.63) is 63.2 Å². The van der Waals surface area contributed by atoms with Crippen LogP contribution in [0.3, 0.4) is 0 Å². The molecule has 124 valence electrons. The molecular formula is C15H12ClN3O5. The largest absolute Gasteiger partial charge is 0.465 e. The van der Waals surface area contributed by atoms with E-state index in [1.165, 1.54) is 6.07 Å². The highest BCUT2D eigenvalue weighted by atomic mass is 35.5. The van der Waals surface area contributed by atoms with Gasteiger partial charge in [0.05, 0.1) is 34.0 Å². The van der Waals surface area contributed by atoms with Gasteiger partial charge in [-0.3, -0.25) is 10.1 Å². The summed E-state index contributed by atoms with van der Waals surface area (Å²) in [6.45, 7) is 0. The first-order valence-corrected chi connectivity index (χ1v) is 6.99. The SMILES string of the molecule is COC(=O)c1ccc([N+](=O)[O-])cc1NC(=O)Nc1ccccc1Cl. The maximum absolute atomic E-state index is 12.1. The molecule has 8 nitrogen and oxygen atoms in total. The quantitative estimate of drug-likeness (QED) is 0.497. The van der Waals surface area contributed by atoms with Crippen molar-refractivity contribution in [1.29, 1.82) is 0 Å². The van der Waals surface area contributed by atoms with Crippen molar-refractivity contribution in [2.45, 2.75) is 0 Å². The van der Waals surface area contributed by atoms with E-state index in [1.54, 1.807) is 24.3 Å². The smallest absolute Gasteiger partial charge is 0.339 e. The van der Waals surface area contributed by atoms with Gasteiger partial charge in [0.1, 0.15) is 0 Å². The predicted molar refractivity (Wildman–Crippen MR) is 88.5 cm³/mol. The molecule has 0 saturated heterocycles. The number of benzene rings is 2. The van der Waals surface area contributed by atoms with E-state index in [4.69, 9.17) is 11.6 Å². The normalized spacial score (nSPS) is 9.92. The average Bonchev–Trinajstić information content (AvgIpc) is 2.56. The third-order valence-corrected chi connectivity index (χ3v) is 3.32. The summed E-state index contributed by atoms with van der Waals surface area (Å²) in [6.07, 6.45) is 0. The van der Waals surface area contributed by atoms with Crippen LogP contribution >= 0.6 is 11.6 Å². The molecule has 0 aliphatic heterocycles. The van der Waals surface area contributed by atoms with Crippen molar-refractivity contribution >= 4 is 40.7 Å². The Labute approximate surface area is 141 Å². The van der Waals surface area contributed by atoms with E-state index in [1.807, 2.05) is 0 Å². The Morgan fingerprint density at radius 1 is 1.12 bits per heavy atom. The predicted octanol–water partition coefficient (Wildman–Crippen LogP) is 3.68. The van der Waals surface area contributed by atoms with E-state index < -0.39 is 16.9 Å². The monoisotopic (exact) mass is 349 g/mol. The third kappa shape index (κ3) is 3.99. The van der Waals surface area contributed by atoms with Crippen LogP contribution in [0.4, 0.5) is 21.9 Å². The van der Waals surface area contributed by atoms with E-state index in [2.05, 4.69) is 15.4 Å². The molecule has 9 heteroatoms. The Morgan fingerprint density at radius 3 is 2.42 bits per heavy atom. The van der Waals surface area contributed by atoms with Gasteiger partial charge in [-0.15, -0.1) is 0 Å². The topological polar surface area (TPSA) is 111 Å². The first-order chi connectivity index (χ1) is 11.4. The van der Waals surface area contributed by atoms with Crippen molar-refractivity contribution in [2.24, 2.45) is 0 Å². The van der Waals surface area contributed by atoms with Crippen LogP contribution in [0.5, 0.6) is 0 Å². The van der Waals surface area contributed by atoms with Crippen LogP contribution in [0, 0.1) is 10.1 Å². The lowest BCUT2D eigenvalue weighted by Crippen LogP contribution is -2.21. The summed E-state index contributed by atoms with van der Waals surface area (Å²) in [4.78, 5) is 34.0. The average molecular weight is 350 g/mol.